The summed E-state index contributed by atoms with van der Waals surface area (Å²) in [5, 5.41) is 0. The molecule has 0 N–H and O–H groups in total. The molecule has 0 aliphatic carbocycles. The molecule has 3 heterocycles. The second-order valence-electron chi connectivity index (χ2n) is 6.62. The average Bonchev–Trinajstić information content (AvgIpc) is 2.99. The van der Waals surface area contributed by atoms with E-state index in [0.29, 0.717) is 17.9 Å². The highest BCUT2D eigenvalue weighted by Gasteiger charge is 2.40. The summed E-state index contributed by atoms with van der Waals surface area (Å²) in [5.74, 6) is 2.44. The van der Waals surface area contributed by atoms with Gasteiger partial charge in [0.2, 0.25) is 5.91 Å². The predicted molar refractivity (Wildman–Crippen MR) is 84.7 cm³/mol. The Kier molecular flexibility index (Phi) is 4.41. The molecule has 3 nitrogen and oxygen atoms in total. The molecule has 0 radical (unpaired) electrons. The molecular formula is C16H26N2OS. The van der Waals surface area contributed by atoms with Crippen LogP contribution in [0.1, 0.15) is 32.6 Å². The van der Waals surface area contributed by atoms with Crippen LogP contribution in [0.25, 0.3) is 0 Å². The Bertz CT molecular complexity index is 403. The highest BCUT2D eigenvalue weighted by Crippen LogP contribution is 2.39. The van der Waals surface area contributed by atoms with Gasteiger partial charge in [-0.1, -0.05) is 19.4 Å². The number of amides is 1. The molecule has 0 aromatic heterocycles. The smallest absolute Gasteiger partial charge is 0.227 e. The van der Waals surface area contributed by atoms with E-state index in [1.54, 1.807) is 0 Å². The zero-order chi connectivity index (χ0) is 14.1. The van der Waals surface area contributed by atoms with Gasteiger partial charge in [-0.25, -0.2) is 0 Å². The van der Waals surface area contributed by atoms with E-state index in [0.717, 1.165) is 13.0 Å². The Balaban J connectivity index is 1.62. The maximum absolute atomic E-state index is 12.5. The molecule has 3 rings (SSSR count). The van der Waals surface area contributed by atoms with Gasteiger partial charge in [-0.15, -0.1) is 11.8 Å². The van der Waals surface area contributed by atoms with Crippen molar-refractivity contribution in [3.05, 3.63) is 11.0 Å². The summed E-state index contributed by atoms with van der Waals surface area (Å²) in [5.41, 5.74) is 0. The Morgan fingerprint density at radius 1 is 1.30 bits per heavy atom. The zero-order valence-corrected chi connectivity index (χ0v) is 13.5. The lowest BCUT2D eigenvalue weighted by atomic mass is 10.0. The SMILES string of the molecule is CC1C=C(C2CC(CN3CCCCC3)C(=O)N2C)SC1. The number of hydrogen-bond donors (Lipinski definition) is 0. The monoisotopic (exact) mass is 294 g/mol. The van der Waals surface area contributed by atoms with Crippen LogP contribution in [-0.4, -0.2) is 54.2 Å². The lowest BCUT2D eigenvalue weighted by Gasteiger charge is -2.28. The van der Waals surface area contributed by atoms with Gasteiger partial charge in [-0.2, -0.15) is 0 Å². The average molecular weight is 294 g/mol. The highest BCUT2D eigenvalue weighted by molar-refractivity contribution is 8.03. The van der Waals surface area contributed by atoms with E-state index < -0.39 is 0 Å². The maximum atomic E-state index is 12.5. The first kappa shape index (κ1) is 14.5. The Labute approximate surface area is 126 Å². The van der Waals surface area contributed by atoms with Gasteiger partial charge in [0.15, 0.2) is 0 Å². The first-order valence-electron chi connectivity index (χ1n) is 7.98. The summed E-state index contributed by atoms with van der Waals surface area (Å²) in [4.78, 5) is 18.4. The summed E-state index contributed by atoms with van der Waals surface area (Å²) >= 11 is 1.96. The highest BCUT2D eigenvalue weighted by atomic mass is 32.2. The summed E-state index contributed by atoms with van der Waals surface area (Å²) in [6.45, 7) is 5.62. The number of piperidine rings is 1. The number of carbonyl (C=O) groups is 1. The fraction of sp³-hybridized carbons (Fsp3) is 0.812. The number of rotatable bonds is 3. The summed E-state index contributed by atoms with van der Waals surface area (Å²) in [7, 11) is 1.99. The Hall–Kier alpha value is -0.480. The fourth-order valence-electron chi connectivity index (χ4n) is 3.69. The standard InChI is InChI=1S/C16H26N2OS/c1-12-8-15(20-11-12)14-9-13(16(19)17(14)2)10-18-6-4-3-5-7-18/h8,12-14H,3-7,9-11H2,1-2H3. The number of nitrogens with zero attached hydrogens (tertiary/aromatic N) is 2. The van der Waals surface area contributed by atoms with Crippen LogP contribution in [-0.2, 0) is 4.79 Å². The molecular weight excluding hydrogens is 268 g/mol. The summed E-state index contributed by atoms with van der Waals surface area (Å²) in [6.07, 6.45) is 7.37. The van der Waals surface area contributed by atoms with Gasteiger partial charge in [0.05, 0.1) is 12.0 Å². The predicted octanol–water partition coefficient (Wildman–Crippen LogP) is 2.59. The van der Waals surface area contributed by atoms with Crippen molar-refractivity contribution in [3.63, 3.8) is 0 Å². The molecule has 3 aliphatic heterocycles. The number of thioether (sulfide) groups is 1. The van der Waals surface area contributed by atoms with Gasteiger partial charge in [-0.3, -0.25) is 4.79 Å². The fourth-order valence-corrected chi connectivity index (χ4v) is 5.02. The third-order valence-electron chi connectivity index (χ3n) is 4.89. The van der Waals surface area contributed by atoms with Gasteiger partial charge in [-0.05, 0) is 38.3 Å². The number of allylic oxidation sites excluding steroid dienone is 1. The van der Waals surface area contributed by atoms with E-state index in [-0.39, 0.29) is 5.92 Å². The lowest BCUT2D eigenvalue weighted by molar-refractivity contribution is -0.130. The van der Waals surface area contributed by atoms with E-state index in [9.17, 15) is 4.79 Å². The number of likely N-dealkylation sites (N-methyl/N-ethyl adjacent to an activating group) is 1. The zero-order valence-electron chi connectivity index (χ0n) is 12.7. The van der Waals surface area contributed by atoms with Crippen molar-refractivity contribution in [1.29, 1.82) is 0 Å². The van der Waals surface area contributed by atoms with E-state index in [2.05, 4.69) is 17.9 Å². The molecule has 0 aromatic carbocycles. The van der Waals surface area contributed by atoms with Crippen LogP contribution in [0.5, 0.6) is 0 Å². The van der Waals surface area contributed by atoms with Crippen molar-refractivity contribution in [2.75, 3.05) is 32.4 Å². The molecule has 2 fully saturated rings. The molecule has 4 heteroatoms. The van der Waals surface area contributed by atoms with Crippen LogP contribution >= 0.6 is 11.8 Å². The first-order valence-corrected chi connectivity index (χ1v) is 8.97. The first-order chi connectivity index (χ1) is 9.65. The van der Waals surface area contributed by atoms with Crippen molar-refractivity contribution in [2.45, 2.75) is 38.6 Å². The van der Waals surface area contributed by atoms with Gasteiger partial charge in [0.1, 0.15) is 0 Å². The second-order valence-corrected chi connectivity index (χ2v) is 7.71. The van der Waals surface area contributed by atoms with Crippen molar-refractivity contribution in [1.82, 2.24) is 9.80 Å². The minimum atomic E-state index is 0.223. The van der Waals surface area contributed by atoms with E-state index in [1.165, 1.54) is 43.0 Å². The van der Waals surface area contributed by atoms with E-state index in [4.69, 9.17) is 0 Å². The molecule has 20 heavy (non-hydrogen) atoms. The van der Waals surface area contributed by atoms with Crippen LogP contribution in [0.2, 0.25) is 0 Å². The largest absolute Gasteiger partial charge is 0.338 e. The Morgan fingerprint density at radius 2 is 2.05 bits per heavy atom. The van der Waals surface area contributed by atoms with Crippen LogP contribution in [0.3, 0.4) is 0 Å². The van der Waals surface area contributed by atoms with Crippen molar-refractivity contribution in [2.24, 2.45) is 11.8 Å². The normalized spacial score (nSPS) is 35.7. The molecule has 1 amide bonds. The van der Waals surface area contributed by atoms with E-state index in [1.807, 2.05) is 23.7 Å². The summed E-state index contributed by atoms with van der Waals surface area (Å²) < 4.78 is 0. The van der Waals surface area contributed by atoms with Gasteiger partial charge in [0.25, 0.3) is 0 Å². The quantitative estimate of drug-likeness (QED) is 0.799. The molecule has 3 aliphatic rings. The molecule has 0 bridgehead atoms. The van der Waals surface area contributed by atoms with Crippen molar-refractivity contribution < 1.29 is 4.79 Å². The molecule has 112 valence electrons. The minimum absolute atomic E-state index is 0.223. The minimum Gasteiger partial charge on any atom is -0.338 e. The molecule has 2 saturated heterocycles. The lowest BCUT2D eigenvalue weighted by Crippen LogP contribution is -2.37. The molecule has 3 unspecified atom stereocenters. The number of likely N-dealkylation sites (tertiary alicyclic amines) is 2. The Morgan fingerprint density at radius 3 is 2.70 bits per heavy atom. The second kappa shape index (κ2) is 6.10. The molecule has 0 aromatic rings. The number of hydrogen-bond acceptors (Lipinski definition) is 3. The van der Waals surface area contributed by atoms with Crippen LogP contribution in [0.4, 0.5) is 0 Å². The van der Waals surface area contributed by atoms with E-state index >= 15 is 0 Å². The molecule has 3 atom stereocenters. The van der Waals surface area contributed by atoms with Crippen LogP contribution in [0, 0.1) is 11.8 Å². The van der Waals surface area contributed by atoms with Gasteiger partial charge in [0, 0.05) is 24.3 Å². The topological polar surface area (TPSA) is 23.6 Å². The maximum Gasteiger partial charge on any atom is 0.227 e. The number of carbonyl (C=O) groups excluding carboxylic acids is 1. The summed E-state index contributed by atoms with van der Waals surface area (Å²) in [6, 6.07) is 0.354. The molecule has 0 spiro atoms. The van der Waals surface area contributed by atoms with Gasteiger partial charge >= 0.3 is 0 Å². The molecule has 0 saturated carbocycles. The third-order valence-corrected chi connectivity index (χ3v) is 6.32. The van der Waals surface area contributed by atoms with Crippen molar-refractivity contribution in [3.8, 4) is 0 Å². The van der Waals surface area contributed by atoms with Crippen LogP contribution in [0.15, 0.2) is 11.0 Å². The van der Waals surface area contributed by atoms with Crippen LogP contribution < -0.4 is 0 Å². The van der Waals surface area contributed by atoms with Crippen molar-refractivity contribution >= 4 is 17.7 Å². The van der Waals surface area contributed by atoms with Gasteiger partial charge < -0.3 is 9.80 Å². The third kappa shape index (κ3) is 2.91.